The molecule has 4 nitrogen and oxygen atoms in total. The zero-order valence-electron chi connectivity index (χ0n) is 15.6. The van der Waals surface area contributed by atoms with Crippen LogP contribution < -0.4 is 0 Å². The number of carboxylic acid groups (broad SMARTS) is 1. The van der Waals surface area contributed by atoms with Gasteiger partial charge in [0, 0.05) is 17.5 Å². The van der Waals surface area contributed by atoms with Crippen LogP contribution in [0.1, 0.15) is 33.5 Å². The van der Waals surface area contributed by atoms with E-state index in [9.17, 15) is 27.5 Å². The Morgan fingerprint density at radius 1 is 1.10 bits per heavy atom. The van der Waals surface area contributed by atoms with Gasteiger partial charge in [-0.2, -0.15) is 13.2 Å². The van der Waals surface area contributed by atoms with Gasteiger partial charge in [0.25, 0.3) is 5.60 Å². The van der Waals surface area contributed by atoms with Crippen LogP contribution in [0, 0.1) is 12.7 Å². The second-order valence-electron chi connectivity index (χ2n) is 7.11. The first kappa shape index (κ1) is 19.9. The van der Waals surface area contributed by atoms with Gasteiger partial charge in [0.15, 0.2) is 0 Å². The van der Waals surface area contributed by atoms with E-state index in [-0.39, 0.29) is 22.4 Å². The van der Waals surface area contributed by atoms with Crippen molar-refractivity contribution in [3.05, 3.63) is 82.7 Å². The summed E-state index contributed by atoms with van der Waals surface area (Å²) in [7, 11) is 0. The summed E-state index contributed by atoms with van der Waals surface area (Å²) < 4.78 is 56.0. The zero-order valence-corrected chi connectivity index (χ0v) is 15.6. The number of rotatable bonds is 3. The number of carbonyl (C=O) groups is 1. The number of fused-ring (bicyclic) bond motifs is 1. The smallest absolute Gasteiger partial charge is 0.435 e. The third-order valence-electron chi connectivity index (χ3n) is 5.28. The van der Waals surface area contributed by atoms with Crippen molar-refractivity contribution in [1.29, 1.82) is 0 Å². The predicted octanol–water partition coefficient (Wildman–Crippen LogP) is 5.57. The Morgan fingerprint density at radius 3 is 2.43 bits per heavy atom. The molecule has 3 aromatic carbocycles. The molecule has 0 aromatic heterocycles. The summed E-state index contributed by atoms with van der Waals surface area (Å²) in [6, 6.07) is 12.4. The third kappa shape index (κ3) is 2.99. The van der Waals surface area contributed by atoms with Crippen molar-refractivity contribution in [2.75, 3.05) is 0 Å². The Hall–Kier alpha value is -3.42. The van der Waals surface area contributed by atoms with Gasteiger partial charge in [-0.05, 0) is 41.5 Å². The fourth-order valence-corrected chi connectivity index (χ4v) is 3.68. The molecular formula is C22H15F4NO3. The monoisotopic (exact) mass is 417 g/mol. The molecule has 0 saturated carbocycles. The maximum absolute atomic E-state index is 14.1. The van der Waals surface area contributed by atoms with Gasteiger partial charge < -0.3 is 9.94 Å². The number of aromatic carboxylic acids is 1. The van der Waals surface area contributed by atoms with Crippen LogP contribution in [0.4, 0.5) is 17.6 Å². The lowest BCUT2D eigenvalue weighted by Crippen LogP contribution is -2.42. The van der Waals surface area contributed by atoms with Crippen LogP contribution in [0.15, 0.2) is 59.8 Å². The molecule has 4 rings (SSSR count). The number of hydrogen-bond donors (Lipinski definition) is 1. The van der Waals surface area contributed by atoms with Crippen LogP contribution >= 0.6 is 0 Å². The van der Waals surface area contributed by atoms with Crippen molar-refractivity contribution < 1.29 is 32.3 Å². The van der Waals surface area contributed by atoms with E-state index >= 15 is 0 Å². The number of hydrogen-bond acceptors (Lipinski definition) is 3. The summed E-state index contributed by atoms with van der Waals surface area (Å²) in [6.07, 6.45) is -5.45. The molecule has 0 aliphatic carbocycles. The van der Waals surface area contributed by atoms with Gasteiger partial charge in [0.1, 0.15) is 5.82 Å². The Bertz CT molecular complexity index is 1200. The maximum Gasteiger partial charge on any atom is 0.435 e. The minimum atomic E-state index is -4.82. The highest BCUT2D eigenvalue weighted by Gasteiger charge is 2.62. The molecule has 30 heavy (non-hydrogen) atoms. The number of alkyl halides is 3. The molecular weight excluding hydrogens is 402 g/mol. The third-order valence-corrected chi connectivity index (χ3v) is 5.28. The van der Waals surface area contributed by atoms with Crippen molar-refractivity contribution in [3.63, 3.8) is 0 Å². The molecule has 1 aliphatic heterocycles. The van der Waals surface area contributed by atoms with Gasteiger partial charge >= 0.3 is 12.1 Å². The molecule has 0 saturated heterocycles. The Balaban J connectivity index is 1.83. The first-order chi connectivity index (χ1) is 14.1. The van der Waals surface area contributed by atoms with Gasteiger partial charge in [-0.15, -0.1) is 0 Å². The molecule has 0 amide bonds. The second-order valence-corrected chi connectivity index (χ2v) is 7.11. The minimum absolute atomic E-state index is 0.0300. The summed E-state index contributed by atoms with van der Waals surface area (Å²) >= 11 is 0. The largest absolute Gasteiger partial charge is 0.478 e. The molecule has 1 atom stereocenters. The number of nitrogens with zero attached hydrogens (tertiary/aromatic N) is 1. The lowest BCUT2D eigenvalue weighted by atomic mass is 9.84. The lowest BCUT2D eigenvalue weighted by molar-refractivity contribution is -0.275. The molecule has 0 spiro atoms. The van der Waals surface area contributed by atoms with E-state index in [1.165, 1.54) is 19.1 Å². The van der Waals surface area contributed by atoms with Gasteiger partial charge in [-0.3, -0.25) is 0 Å². The maximum atomic E-state index is 14.1. The quantitative estimate of drug-likeness (QED) is 0.567. The summed E-state index contributed by atoms with van der Waals surface area (Å²) in [5.74, 6) is -1.76. The van der Waals surface area contributed by atoms with Gasteiger partial charge in [-0.25, -0.2) is 9.18 Å². The molecule has 8 heteroatoms. The van der Waals surface area contributed by atoms with Crippen LogP contribution in [-0.4, -0.2) is 23.0 Å². The number of aryl methyl sites for hydroxylation is 1. The first-order valence-electron chi connectivity index (χ1n) is 8.98. The number of oxime groups is 1. The van der Waals surface area contributed by atoms with Gasteiger partial charge in [-0.1, -0.05) is 41.6 Å². The summed E-state index contributed by atoms with van der Waals surface area (Å²) in [5.41, 5.74) is -2.54. The van der Waals surface area contributed by atoms with Crippen LogP contribution in [0.2, 0.25) is 0 Å². The van der Waals surface area contributed by atoms with Crippen molar-refractivity contribution in [2.24, 2.45) is 5.16 Å². The highest BCUT2D eigenvalue weighted by Crippen LogP contribution is 2.49. The number of carboxylic acids is 1. The van der Waals surface area contributed by atoms with Crippen molar-refractivity contribution in [2.45, 2.75) is 25.1 Å². The van der Waals surface area contributed by atoms with E-state index in [0.717, 1.165) is 18.2 Å². The van der Waals surface area contributed by atoms with Gasteiger partial charge in [0.05, 0.1) is 11.3 Å². The fourth-order valence-electron chi connectivity index (χ4n) is 3.68. The average molecular weight is 417 g/mol. The molecule has 1 heterocycles. The molecule has 1 N–H and O–H groups in total. The Kier molecular flexibility index (Phi) is 4.52. The lowest BCUT2D eigenvalue weighted by Gasteiger charge is -2.29. The average Bonchev–Trinajstić information content (AvgIpc) is 3.15. The van der Waals surface area contributed by atoms with Crippen LogP contribution in [0.3, 0.4) is 0 Å². The Labute approximate surface area is 168 Å². The highest BCUT2D eigenvalue weighted by molar-refractivity contribution is 6.15. The first-order valence-corrected chi connectivity index (χ1v) is 8.98. The topological polar surface area (TPSA) is 58.9 Å². The van der Waals surface area contributed by atoms with Crippen LogP contribution in [0.5, 0.6) is 0 Å². The molecule has 0 fully saturated rings. The van der Waals surface area contributed by atoms with E-state index < -0.39 is 30.0 Å². The van der Waals surface area contributed by atoms with Gasteiger partial charge in [0.2, 0.25) is 0 Å². The zero-order chi connectivity index (χ0) is 21.7. The SMILES string of the molecule is Cc1cc(C2(C(F)(F)F)CC(c3ccc(C(=O)O)c4ccccc34)=NO2)ccc1F. The Morgan fingerprint density at radius 2 is 1.80 bits per heavy atom. The van der Waals surface area contributed by atoms with E-state index in [1.54, 1.807) is 24.3 Å². The molecule has 0 radical (unpaired) electrons. The molecule has 1 aliphatic rings. The van der Waals surface area contributed by atoms with Crippen LogP contribution in [-0.2, 0) is 10.4 Å². The summed E-state index contributed by atoms with van der Waals surface area (Å²) in [4.78, 5) is 16.5. The van der Waals surface area contributed by atoms with Crippen molar-refractivity contribution in [1.82, 2.24) is 0 Å². The standard InChI is InChI=1S/C22H15F4NO3/c1-12-10-13(6-9-18(12)23)21(22(24,25)26)11-19(27-30-21)16-7-8-17(20(28)29)15-5-3-2-4-14(15)16/h2-10H,11H2,1H3,(H,28,29). The fraction of sp³-hybridized carbons (Fsp3) is 0.182. The predicted molar refractivity (Wildman–Crippen MR) is 102 cm³/mol. The summed E-state index contributed by atoms with van der Waals surface area (Å²) in [5, 5.41) is 14.0. The minimum Gasteiger partial charge on any atom is -0.478 e. The molecule has 1 unspecified atom stereocenters. The van der Waals surface area contributed by atoms with Crippen molar-refractivity contribution in [3.8, 4) is 0 Å². The summed E-state index contributed by atoms with van der Waals surface area (Å²) in [6.45, 7) is 1.37. The normalized spacial score (nSPS) is 18.9. The van der Waals surface area contributed by atoms with E-state index in [4.69, 9.17) is 4.84 Å². The number of halogens is 4. The highest BCUT2D eigenvalue weighted by atomic mass is 19.4. The molecule has 3 aromatic rings. The van der Waals surface area contributed by atoms with Crippen LogP contribution in [0.25, 0.3) is 10.8 Å². The second kappa shape index (κ2) is 6.83. The molecule has 0 bridgehead atoms. The van der Waals surface area contributed by atoms with E-state index in [0.29, 0.717) is 16.3 Å². The molecule has 154 valence electrons. The van der Waals surface area contributed by atoms with E-state index in [2.05, 4.69) is 5.16 Å². The number of benzene rings is 3. The van der Waals surface area contributed by atoms with E-state index in [1.807, 2.05) is 0 Å². The van der Waals surface area contributed by atoms with Crippen molar-refractivity contribution >= 4 is 22.5 Å².